The van der Waals surface area contributed by atoms with Gasteiger partial charge in [-0.3, -0.25) is 0 Å². The molecule has 1 aromatic heterocycles. The average molecular weight is 344 g/mol. The van der Waals surface area contributed by atoms with Crippen molar-refractivity contribution in [1.29, 1.82) is 0 Å². The van der Waals surface area contributed by atoms with Gasteiger partial charge in [0.2, 0.25) is 5.82 Å². The standard InChI is InChI=1S/C14H14FN3O2S.ClH/c1-3-16-12-11(8(2)17-13(18-12)14(19)20)21-10-7-5-4-6-9(10)15;/h4-7H,3H2,1-2H3,(H,19,20)(H,16,17,18);1H. The Hall–Kier alpha value is -1.86. The van der Waals surface area contributed by atoms with E-state index < -0.39 is 5.97 Å². The lowest BCUT2D eigenvalue weighted by molar-refractivity contribution is 0.0683. The third-order valence-corrected chi connectivity index (χ3v) is 3.86. The van der Waals surface area contributed by atoms with Crippen molar-refractivity contribution >= 4 is 36.0 Å². The fourth-order valence-electron chi connectivity index (χ4n) is 1.71. The minimum absolute atomic E-state index is 0. The summed E-state index contributed by atoms with van der Waals surface area (Å²) < 4.78 is 13.8. The molecule has 2 N–H and O–H groups in total. The maximum atomic E-state index is 13.8. The summed E-state index contributed by atoms with van der Waals surface area (Å²) in [4.78, 5) is 20.0. The molecule has 5 nitrogen and oxygen atoms in total. The van der Waals surface area contributed by atoms with E-state index in [1.54, 1.807) is 25.1 Å². The first-order chi connectivity index (χ1) is 10.0. The topological polar surface area (TPSA) is 75.1 Å². The maximum absolute atomic E-state index is 13.8. The predicted octanol–water partition coefficient (Wildman–Crippen LogP) is 3.63. The van der Waals surface area contributed by atoms with Gasteiger partial charge in [0.15, 0.2) is 0 Å². The molecule has 8 heteroatoms. The first kappa shape index (κ1) is 18.2. The Morgan fingerprint density at radius 1 is 1.36 bits per heavy atom. The van der Waals surface area contributed by atoms with Crippen LogP contribution in [-0.4, -0.2) is 27.6 Å². The van der Waals surface area contributed by atoms with Gasteiger partial charge in [-0.2, -0.15) is 0 Å². The fraction of sp³-hybridized carbons (Fsp3) is 0.214. The highest BCUT2D eigenvalue weighted by atomic mass is 35.5. The highest BCUT2D eigenvalue weighted by molar-refractivity contribution is 7.99. The Morgan fingerprint density at radius 3 is 2.64 bits per heavy atom. The molecule has 0 atom stereocenters. The molecule has 0 bridgehead atoms. The Bertz CT molecular complexity index is 685. The van der Waals surface area contributed by atoms with E-state index in [-0.39, 0.29) is 24.0 Å². The van der Waals surface area contributed by atoms with Gasteiger partial charge in [0.25, 0.3) is 0 Å². The van der Waals surface area contributed by atoms with Crippen LogP contribution >= 0.6 is 24.2 Å². The minimum atomic E-state index is -1.19. The van der Waals surface area contributed by atoms with Crippen molar-refractivity contribution in [2.24, 2.45) is 0 Å². The van der Waals surface area contributed by atoms with Crippen LogP contribution in [0.4, 0.5) is 10.2 Å². The number of aryl methyl sites for hydroxylation is 1. The molecule has 0 saturated carbocycles. The molecule has 22 heavy (non-hydrogen) atoms. The summed E-state index contributed by atoms with van der Waals surface area (Å²) in [7, 11) is 0. The van der Waals surface area contributed by atoms with Crippen LogP contribution in [0.3, 0.4) is 0 Å². The summed E-state index contributed by atoms with van der Waals surface area (Å²) in [5.41, 5.74) is 0.492. The van der Waals surface area contributed by atoms with Crippen LogP contribution in [0.2, 0.25) is 0 Å². The lowest BCUT2D eigenvalue weighted by atomic mass is 10.3. The number of carbonyl (C=O) groups is 1. The average Bonchev–Trinajstić information content (AvgIpc) is 2.44. The number of aromatic carboxylic acids is 1. The molecule has 0 aliphatic rings. The number of nitrogens with one attached hydrogen (secondary N) is 1. The number of carboxylic acid groups (broad SMARTS) is 1. The molecule has 2 rings (SSSR count). The van der Waals surface area contributed by atoms with Crippen molar-refractivity contribution in [3.8, 4) is 0 Å². The van der Waals surface area contributed by atoms with Gasteiger partial charge in [0, 0.05) is 11.4 Å². The lowest BCUT2D eigenvalue weighted by Crippen LogP contribution is -2.11. The zero-order chi connectivity index (χ0) is 15.4. The molecule has 0 fully saturated rings. The Labute approximate surface area is 137 Å². The summed E-state index contributed by atoms with van der Waals surface area (Å²) in [6.45, 7) is 4.12. The van der Waals surface area contributed by atoms with Crippen LogP contribution < -0.4 is 5.32 Å². The summed E-state index contributed by atoms with van der Waals surface area (Å²) in [5, 5.41) is 12.0. The number of rotatable bonds is 5. The largest absolute Gasteiger partial charge is 0.475 e. The van der Waals surface area contributed by atoms with Gasteiger partial charge in [-0.15, -0.1) is 12.4 Å². The first-order valence-electron chi connectivity index (χ1n) is 6.31. The second kappa shape index (κ2) is 7.95. The predicted molar refractivity (Wildman–Crippen MR) is 85.7 cm³/mol. The molecular formula is C14H15ClFN3O2S. The number of benzene rings is 1. The van der Waals surface area contributed by atoms with Gasteiger partial charge in [0.05, 0.1) is 10.6 Å². The van der Waals surface area contributed by atoms with Crippen LogP contribution in [0, 0.1) is 12.7 Å². The van der Waals surface area contributed by atoms with Gasteiger partial charge in [-0.25, -0.2) is 19.2 Å². The number of aromatic nitrogens is 2. The van der Waals surface area contributed by atoms with E-state index in [9.17, 15) is 9.18 Å². The van der Waals surface area contributed by atoms with E-state index in [0.717, 1.165) is 0 Å². The van der Waals surface area contributed by atoms with Crippen molar-refractivity contribution in [3.05, 3.63) is 41.6 Å². The minimum Gasteiger partial charge on any atom is -0.475 e. The summed E-state index contributed by atoms with van der Waals surface area (Å²) in [6.07, 6.45) is 0. The molecule has 2 aromatic rings. The van der Waals surface area contributed by atoms with Crippen molar-refractivity contribution in [2.45, 2.75) is 23.6 Å². The van der Waals surface area contributed by atoms with Crippen molar-refractivity contribution < 1.29 is 14.3 Å². The quantitative estimate of drug-likeness (QED) is 0.863. The number of nitrogens with zero attached hydrogens (tertiary/aromatic N) is 2. The number of carboxylic acids is 1. The van der Waals surface area contributed by atoms with Gasteiger partial charge in [-0.05, 0) is 26.0 Å². The number of halogens is 2. The lowest BCUT2D eigenvalue weighted by Gasteiger charge is -2.12. The van der Waals surface area contributed by atoms with Gasteiger partial charge < -0.3 is 10.4 Å². The van der Waals surface area contributed by atoms with E-state index in [1.807, 2.05) is 6.92 Å². The third kappa shape index (κ3) is 4.08. The zero-order valence-electron chi connectivity index (χ0n) is 12.0. The normalized spacial score (nSPS) is 9.95. The Balaban J connectivity index is 0.00000242. The van der Waals surface area contributed by atoms with Crippen LogP contribution in [0.25, 0.3) is 0 Å². The molecule has 0 unspecified atom stereocenters. The molecule has 0 saturated heterocycles. The summed E-state index contributed by atoms with van der Waals surface area (Å²) >= 11 is 1.17. The monoisotopic (exact) mass is 343 g/mol. The van der Waals surface area contributed by atoms with Crippen LogP contribution in [-0.2, 0) is 0 Å². The summed E-state index contributed by atoms with van der Waals surface area (Å²) in [5.74, 6) is -1.41. The molecule has 0 aliphatic heterocycles. The van der Waals surface area contributed by atoms with Gasteiger partial charge in [-0.1, -0.05) is 23.9 Å². The summed E-state index contributed by atoms with van der Waals surface area (Å²) in [6, 6.07) is 6.37. The smallest absolute Gasteiger partial charge is 0.374 e. The van der Waals surface area contributed by atoms with Crippen LogP contribution in [0.15, 0.2) is 34.1 Å². The molecule has 0 aliphatic carbocycles. The van der Waals surface area contributed by atoms with E-state index >= 15 is 0 Å². The zero-order valence-corrected chi connectivity index (χ0v) is 13.6. The van der Waals surface area contributed by atoms with Crippen molar-refractivity contribution in [2.75, 3.05) is 11.9 Å². The number of anilines is 1. The second-order valence-corrected chi connectivity index (χ2v) is 5.23. The van der Waals surface area contributed by atoms with E-state index in [2.05, 4.69) is 15.3 Å². The first-order valence-corrected chi connectivity index (χ1v) is 7.12. The third-order valence-electron chi connectivity index (χ3n) is 2.62. The van der Waals surface area contributed by atoms with E-state index in [4.69, 9.17) is 5.11 Å². The van der Waals surface area contributed by atoms with Crippen LogP contribution in [0.5, 0.6) is 0 Å². The molecule has 0 spiro atoms. The fourth-order valence-corrected chi connectivity index (χ4v) is 2.65. The molecule has 0 amide bonds. The van der Waals surface area contributed by atoms with Crippen LogP contribution in [0.1, 0.15) is 23.2 Å². The second-order valence-electron chi connectivity index (χ2n) is 4.18. The van der Waals surface area contributed by atoms with E-state index in [1.165, 1.54) is 17.8 Å². The van der Waals surface area contributed by atoms with Crippen molar-refractivity contribution in [3.63, 3.8) is 0 Å². The molecule has 118 valence electrons. The number of hydrogen-bond donors (Lipinski definition) is 2. The maximum Gasteiger partial charge on any atom is 0.374 e. The number of hydrogen-bond acceptors (Lipinski definition) is 5. The molecule has 1 aromatic carbocycles. The highest BCUT2D eigenvalue weighted by Gasteiger charge is 2.17. The molecule has 0 radical (unpaired) electrons. The van der Waals surface area contributed by atoms with Crippen molar-refractivity contribution in [1.82, 2.24) is 9.97 Å². The molecule has 1 heterocycles. The van der Waals surface area contributed by atoms with E-state index in [0.29, 0.717) is 27.8 Å². The Morgan fingerprint density at radius 2 is 2.05 bits per heavy atom. The molecular weight excluding hydrogens is 329 g/mol. The SMILES string of the molecule is CCNc1nc(C(=O)O)nc(C)c1Sc1ccccc1F.Cl. The van der Waals surface area contributed by atoms with Gasteiger partial charge in [0.1, 0.15) is 11.6 Å². The highest BCUT2D eigenvalue weighted by Crippen LogP contribution is 2.35. The van der Waals surface area contributed by atoms with Gasteiger partial charge >= 0.3 is 5.97 Å². The Kier molecular flexibility index (Phi) is 6.58.